The zero-order chi connectivity index (χ0) is 27.0. The molecular weight excluding hydrogens is 476 g/mol. The van der Waals surface area contributed by atoms with Gasteiger partial charge in [-0.05, 0) is 74.3 Å². The van der Waals surface area contributed by atoms with E-state index in [4.69, 9.17) is 14.2 Å². The fourth-order valence-corrected chi connectivity index (χ4v) is 5.17. The van der Waals surface area contributed by atoms with E-state index >= 15 is 0 Å². The van der Waals surface area contributed by atoms with E-state index in [1.54, 1.807) is 0 Å². The van der Waals surface area contributed by atoms with Crippen LogP contribution in [0, 0.1) is 0 Å². The van der Waals surface area contributed by atoms with Crippen molar-refractivity contribution in [2.75, 3.05) is 13.2 Å². The quantitative estimate of drug-likeness (QED) is 0.102. The molecule has 1 aliphatic carbocycles. The van der Waals surface area contributed by atoms with Crippen molar-refractivity contribution in [2.24, 2.45) is 0 Å². The summed E-state index contributed by atoms with van der Waals surface area (Å²) in [5, 5.41) is 0. The molecule has 1 unspecified atom stereocenters. The van der Waals surface area contributed by atoms with Crippen LogP contribution in [-0.2, 0) is 27.1 Å². The summed E-state index contributed by atoms with van der Waals surface area (Å²) in [6.45, 7) is 5.33. The summed E-state index contributed by atoms with van der Waals surface area (Å²) in [6.07, 6.45) is 22.4. The van der Waals surface area contributed by atoms with Crippen molar-refractivity contribution >= 4 is 11.9 Å². The number of carbonyl (C=O) groups is 2. The van der Waals surface area contributed by atoms with Gasteiger partial charge in [-0.2, -0.15) is 0 Å². The SMILES string of the molecule is CCCCCCCCc1cc(C(=O)OCC2CO2)c(C(=O)OC2=CCCCC2)cc1CCCCCCCC. The van der Waals surface area contributed by atoms with Crippen molar-refractivity contribution in [1.29, 1.82) is 0 Å². The molecule has 5 nitrogen and oxygen atoms in total. The van der Waals surface area contributed by atoms with Gasteiger partial charge >= 0.3 is 11.9 Å². The third-order valence-electron chi connectivity index (χ3n) is 7.65. The molecule has 2 aliphatic rings. The van der Waals surface area contributed by atoms with Gasteiger partial charge in [0.1, 0.15) is 18.5 Å². The van der Waals surface area contributed by atoms with Gasteiger partial charge in [-0.15, -0.1) is 0 Å². The van der Waals surface area contributed by atoms with Gasteiger partial charge in [-0.25, -0.2) is 9.59 Å². The number of esters is 2. The fraction of sp³-hybridized carbons (Fsp3) is 0.697. The van der Waals surface area contributed by atoms with Crippen LogP contribution in [0.4, 0.5) is 0 Å². The maximum Gasteiger partial charge on any atom is 0.344 e. The molecule has 1 atom stereocenters. The predicted octanol–water partition coefficient (Wildman–Crippen LogP) is 8.66. The Morgan fingerprint density at radius 1 is 0.789 bits per heavy atom. The molecule has 0 spiro atoms. The standard InChI is InChI=1S/C33H50O5/c1-3-5-7-9-11-14-18-26-22-30(32(34)37-25-29-24-36-29)31(33(35)38-28-20-16-13-17-21-28)23-27(26)19-15-12-10-8-6-4-2/h20,22-23,29H,3-19,21,24-25H2,1-2H3. The molecule has 1 aromatic carbocycles. The number of benzene rings is 1. The van der Waals surface area contributed by atoms with Gasteiger partial charge in [0.05, 0.1) is 17.7 Å². The number of hydrogen-bond acceptors (Lipinski definition) is 5. The smallest absolute Gasteiger partial charge is 0.344 e. The van der Waals surface area contributed by atoms with Gasteiger partial charge in [0.15, 0.2) is 0 Å². The highest BCUT2D eigenvalue weighted by atomic mass is 16.6. The summed E-state index contributed by atoms with van der Waals surface area (Å²) >= 11 is 0. The lowest BCUT2D eigenvalue weighted by molar-refractivity contribution is 0.0462. The average Bonchev–Trinajstić information content (AvgIpc) is 3.76. The normalized spacial score (nSPS) is 16.7. The Kier molecular flexibility index (Phi) is 14.0. The number of rotatable bonds is 19. The van der Waals surface area contributed by atoms with Gasteiger partial charge < -0.3 is 14.2 Å². The molecule has 38 heavy (non-hydrogen) atoms. The first-order chi connectivity index (χ1) is 18.6. The summed E-state index contributed by atoms with van der Waals surface area (Å²) in [5.41, 5.74) is 3.03. The summed E-state index contributed by atoms with van der Waals surface area (Å²) in [5.74, 6) is -0.177. The molecule has 1 aliphatic heterocycles. The zero-order valence-electron chi connectivity index (χ0n) is 24.0. The fourth-order valence-electron chi connectivity index (χ4n) is 5.17. The van der Waals surface area contributed by atoms with E-state index < -0.39 is 11.9 Å². The Morgan fingerprint density at radius 3 is 1.87 bits per heavy atom. The van der Waals surface area contributed by atoms with Crippen LogP contribution < -0.4 is 0 Å². The highest BCUT2D eigenvalue weighted by Crippen LogP contribution is 2.26. The number of carbonyl (C=O) groups excluding carboxylic acids is 2. The second-order valence-corrected chi connectivity index (χ2v) is 11.1. The minimum absolute atomic E-state index is 0.0173. The lowest BCUT2D eigenvalue weighted by Gasteiger charge is -2.18. The van der Waals surface area contributed by atoms with Crippen molar-refractivity contribution in [3.8, 4) is 0 Å². The third-order valence-corrected chi connectivity index (χ3v) is 7.65. The summed E-state index contributed by atoms with van der Waals surface area (Å²) in [4.78, 5) is 26.5. The molecule has 0 N–H and O–H groups in total. The molecule has 0 bridgehead atoms. The van der Waals surface area contributed by atoms with Crippen molar-refractivity contribution in [3.63, 3.8) is 0 Å². The second kappa shape index (κ2) is 17.4. The van der Waals surface area contributed by atoms with E-state index in [1.807, 2.05) is 18.2 Å². The molecule has 5 heteroatoms. The molecule has 0 aromatic heterocycles. The van der Waals surface area contributed by atoms with Gasteiger partial charge in [-0.3, -0.25) is 0 Å². The van der Waals surface area contributed by atoms with Gasteiger partial charge in [0.2, 0.25) is 0 Å². The van der Waals surface area contributed by atoms with Crippen molar-refractivity contribution < 1.29 is 23.8 Å². The zero-order valence-corrected chi connectivity index (χ0v) is 24.0. The summed E-state index contributed by atoms with van der Waals surface area (Å²) in [7, 11) is 0. The first kappa shape index (κ1) is 30.4. The highest BCUT2D eigenvalue weighted by molar-refractivity contribution is 6.03. The molecule has 0 radical (unpaired) electrons. The third kappa shape index (κ3) is 10.9. The lowest BCUT2D eigenvalue weighted by atomic mass is 9.91. The number of epoxide rings is 1. The van der Waals surface area contributed by atoms with Crippen LogP contribution in [0.5, 0.6) is 0 Å². The Morgan fingerprint density at radius 2 is 1.34 bits per heavy atom. The van der Waals surface area contributed by atoms with Gasteiger partial charge in [-0.1, -0.05) is 78.1 Å². The monoisotopic (exact) mass is 526 g/mol. The molecule has 1 fully saturated rings. The number of hydrogen-bond donors (Lipinski definition) is 0. The van der Waals surface area contributed by atoms with E-state index in [0.29, 0.717) is 17.7 Å². The van der Waals surface area contributed by atoms with Crippen molar-refractivity contribution in [3.05, 3.63) is 46.2 Å². The van der Waals surface area contributed by atoms with E-state index in [0.717, 1.165) is 57.1 Å². The van der Waals surface area contributed by atoms with Gasteiger partial charge in [0, 0.05) is 6.42 Å². The van der Waals surface area contributed by atoms with Crippen molar-refractivity contribution in [2.45, 2.75) is 136 Å². The van der Waals surface area contributed by atoms with E-state index in [2.05, 4.69) is 13.8 Å². The molecule has 0 saturated carbocycles. The Balaban J connectivity index is 1.79. The summed E-state index contributed by atoms with van der Waals surface area (Å²) < 4.78 is 16.6. The second-order valence-electron chi connectivity index (χ2n) is 11.1. The summed E-state index contributed by atoms with van der Waals surface area (Å²) in [6, 6.07) is 3.87. The van der Waals surface area contributed by atoms with Crippen LogP contribution in [0.3, 0.4) is 0 Å². The van der Waals surface area contributed by atoms with Crippen LogP contribution in [0.15, 0.2) is 24.0 Å². The number of unbranched alkanes of at least 4 members (excludes halogenated alkanes) is 10. The Hall–Kier alpha value is -2.14. The molecule has 212 valence electrons. The largest absolute Gasteiger partial charge is 0.459 e. The molecule has 3 rings (SSSR count). The Labute approximate surface area is 230 Å². The van der Waals surface area contributed by atoms with Crippen LogP contribution in [-0.4, -0.2) is 31.3 Å². The number of ether oxygens (including phenoxy) is 3. The maximum absolute atomic E-state index is 13.4. The Bertz CT molecular complexity index is 899. The minimum atomic E-state index is -0.458. The van der Waals surface area contributed by atoms with E-state index in [-0.39, 0.29) is 12.7 Å². The first-order valence-electron chi connectivity index (χ1n) is 15.5. The lowest BCUT2D eigenvalue weighted by Crippen LogP contribution is -2.18. The van der Waals surface area contributed by atoms with Gasteiger partial charge in [0.25, 0.3) is 0 Å². The molecular formula is C33H50O5. The van der Waals surface area contributed by atoms with Crippen molar-refractivity contribution in [1.82, 2.24) is 0 Å². The topological polar surface area (TPSA) is 65.1 Å². The predicted molar refractivity (Wildman–Crippen MR) is 153 cm³/mol. The van der Waals surface area contributed by atoms with E-state index in [9.17, 15) is 9.59 Å². The van der Waals surface area contributed by atoms with Crippen LogP contribution in [0.1, 0.15) is 148 Å². The number of aryl methyl sites for hydroxylation is 2. The minimum Gasteiger partial charge on any atom is -0.459 e. The van der Waals surface area contributed by atoms with Crippen LogP contribution >= 0.6 is 0 Å². The highest BCUT2D eigenvalue weighted by Gasteiger charge is 2.28. The average molecular weight is 527 g/mol. The maximum atomic E-state index is 13.4. The van der Waals surface area contributed by atoms with Crippen LogP contribution in [0.2, 0.25) is 0 Å². The first-order valence-corrected chi connectivity index (χ1v) is 15.5. The van der Waals surface area contributed by atoms with Crippen LogP contribution in [0.25, 0.3) is 0 Å². The van der Waals surface area contributed by atoms with E-state index in [1.165, 1.54) is 75.3 Å². The molecule has 1 heterocycles. The molecule has 1 saturated heterocycles. The molecule has 1 aromatic rings. The molecule has 0 amide bonds. The number of allylic oxidation sites excluding steroid dienone is 2.